The van der Waals surface area contributed by atoms with Crippen LogP contribution in [0.1, 0.15) is 17.5 Å². The van der Waals surface area contributed by atoms with Crippen LogP contribution in [0.2, 0.25) is 0 Å². The van der Waals surface area contributed by atoms with Crippen LogP contribution in [0, 0.1) is 0 Å². The zero-order valence-corrected chi connectivity index (χ0v) is 18.1. The Bertz CT molecular complexity index is 906. The van der Waals surface area contributed by atoms with Crippen LogP contribution in [0.4, 0.5) is 19.0 Å². The van der Waals surface area contributed by atoms with E-state index >= 15 is 0 Å². The molecule has 1 fully saturated rings. The lowest BCUT2D eigenvalue weighted by Gasteiger charge is -2.22. The van der Waals surface area contributed by atoms with Crippen molar-refractivity contribution in [2.45, 2.75) is 19.1 Å². The molecular weight excluding hydrogens is 425 g/mol. The zero-order chi connectivity index (χ0) is 23.1. The van der Waals surface area contributed by atoms with Crippen molar-refractivity contribution in [1.29, 1.82) is 0 Å². The molecule has 2 aromatic rings. The molecule has 2 heterocycles. The van der Waals surface area contributed by atoms with Crippen LogP contribution < -0.4 is 19.7 Å². The molecule has 1 aliphatic heterocycles. The van der Waals surface area contributed by atoms with Crippen molar-refractivity contribution in [1.82, 2.24) is 15.2 Å². The summed E-state index contributed by atoms with van der Waals surface area (Å²) in [6.45, 7) is 3.22. The maximum Gasteiger partial charge on any atom is 0.417 e. The molecular formula is C22H27F3N4O3. The van der Waals surface area contributed by atoms with Gasteiger partial charge >= 0.3 is 6.18 Å². The van der Waals surface area contributed by atoms with Crippen LogP contribution in [0.15, 0.2) is 36.5 Å². The fourth-order valence-electron chi connectivity index (χ4n) is 3.55. The van der Waals surface area contributed by atoms with E-state index in [1.54, 1.807) is 20.3 Å². The minimum atomic E-state index is -4.40. The minimum absolute atomic E-state index is 0.0964. The fourth-order valence-corrected chi connectivity index (χ4v) is 3.55. The predicted octanol–water partition coefficient (Wildman–Crippen LogP) is 2.95. The van der Waals surface area contributed by atoms with E-state index < -0.39 is 11.7 Å². The number of ether oxygens (including phenoxy) is 2. The summed E-state index contributed by atoms with van der Waals surface area (Å²) in [5.74, 6) is 1.64. The number of halogens is 3. The number of carbonyl (C=O) groups is 1. The van der Waals surface area contributed by atoms with Crippen LogP contribution in [-0.4, -0.2) is 62.7 Å². The Morgan fingerprint density at radius 3 is 2.50 bits per heavy atom. The number of amides is 1. The Balaban J connectivity index is 1.49. The largest absolute Gasteiger partial charge is 0.493 e. The van der Waals surface area contributed by atoms with Gasteiger partial charge < -0.3 is 19.7 Å². The van der Waals surface area contributed by atoms with Crippen LogP contribution in [-0.2, 0) is 17.5 Å². The number of anilines is 1. The molecule has 0 unspecified atom stereocenters. The van der Waals surface area contributed by atoms with Crippen LogP contribution in [0.5, 0.6) is 11.5 Å². The highest BCUT2D eigenvalue weighted by atomic mass is 19.4. The molecule has 32 heavy (non-hydrogen) atoms. The molecule has 0 atom stereocenters. The van der Waals surface area contributed by atoms with Crippen LogP contribution in [0.3, 0.4) is 0 Å². The van der Waals surface area contributed by atoms with Crippen molar-refractivity contribution < 1.29 is 27.4 Å². The first-order chi connectivity index (χ1) is 15.3. The van der Waals surface area contributed by atoms with Gasteiger partial charge in [0.25, 0.3) is 0 Å². The SMILES string of the molecule is COc1ccc(CNC(=O)CN2CCCN(c3ccc(C(F)(F)F)cn3)CC2)cc1OC. The summed E-state index contributed by atoms with van der Waals surface area (Å²) in [5, 5.41) is 2.91. The number of hydrogen-bond acceptors (Lipinski definition) is 6. The molecule has 1 aliphatic rings. The number of pyridine rings is 1. The Labute approximate surface area is 185 Å². The molecule has 0 radical (unpaired) electrons. The van der Waals surface area contributed by atoms with Crippen LogP contribution >= 0.6 is 0 Å². The lowest BCUT2D eigenvalue weighted by molar-refractivity contribution is -0.137. The maximum atomic E-state index is 12.7. The van der Waals surface area contributed by atoms with Gasteiger partial charge in [0.05, 0.1) is 26.3 Å². The van der Waals surface area contributed by atoms with Crippen molar-refractivity contribution in [2.75, 3.05) is 51.8 Å². The summed E-state index contributed by atoms with van der Waals surface area (Å²) in [5.41, 5.74) is 0.135. The van der Waals surface area contributed by atoms with E-state index in [0.29, 0.717) is 43.5 Å². The first kappa shape index (κ1) is 23.6. The summed E-state index contributed by atoms with van der Waals surface area (Å²) in [6, 6.07) is 7.92. The minimum Gasteiger partial charge on any atom is -0.493 e. The van der Waals surface area contributed by atoms with E-state index in [4.69, 9.17) is 9.47 Å². The standard InChI is InChI=1S/C22H27F3N4O3/c1-31-18-6-4-16(12-19(18)32-2)13-27-21(30)15-28-8-3-9-29(11-10-28)20-7-5-17(14-26-20)22(23,24)25/h4-7,12,14H,3,8-11,13,15H2,1-2H3,(H,27,30). The van der Waals surface area contributed by atoms with Crippen molar-refractivity contribution in [3.05, 3.63) is 47.7 Å². The van der Waals surface area contributed by atoms with Gasteiger partial charge in [-0.15, -0.1) is 0 Å². The van der Waals surface area contributed by atoms with Gasteiger partial charge in [0.15, 0.2) is 11.5 Å². The predicted molar refractivity (Wildman–Crippen MR) is 114 cm³/mol. The van der Waals surface area contributed by atoms with Gasteiger partial charge in [-0.3, -0.25) is 9.69 Å². The van der Waals surface area contributed by atoms with Gasteiger partial charge in [-0.1, -0.05) is 6.07 Å². The number of benzene rings is 1. The lowest BCUT2D eigenvalue weighted by Crippen LogP contribution is -2.39. The van der Waals surface area contributed by atoms with Gasteiger partial charge in [-0.2, -0.15) is 13.2 Å². The van der Waals surface area contributed by atoms with Gasteiger partial charge in [-0.05, 0) is 36.2 Å². The summed E-state index contributed by atoms with van der Waals surface area (Å²) in [6.07, 6.45) is -2.75. The van der Waals surface area contributed by atoms with Crippen molar-refractivity contribution in [3.8, 4) is 11.5 Å². The molecule has 10 heteroatoms. The number of nitrogens with zero attached hydrogens (tertiary/aromatic N) is 3. The molecule has 7 nitrogen and oxygen atoms in total. The first-order valence-corrected chi connectivity index (χ1v) is 10.3. The van der Waals surface area contributed by atoms with Gasteiger partial charge in [0.1, 0.15) is 5.82 Å². The monoisotopic (exact) mass is 452 g/mol. The highest BCUT2D eigenvalue weighted by Crippen LogP contribution is 2.29. The van der Waals surface area contributed by atoms with Crippen LogP contribution in [0.25, 0.3) is 0 Å². The number of hydrogen-bond donors (Lipinski definition) is 1. The molecule has 1 saturated heterocycles. The molecule has 0 aliphatic carbocycles. The topological polar surface area (TPSA) is 66.9 Å². The van der Waals surface area contributed by atoms with Crippen molar-refractivity contribution >= 4 is 11.7 Å². The summed E-state index contributed by atoms with van der Waals surface area (Å²) < 4.78 is 48.7. The number of methoxy groups -OCH3 is 2. The van der Waals surface area contributed by atoms with E-state index in [-0.39, 0.29) is 12.5 Å². The lowest BCUT2D eigenvalue weighted by atomic mass is 10.2. The molecule has 0 bridgehead atoms. The van der Waals surface area contributed by atoms with Crippen molar-refractivity contribution in [3.63, 3.8) is 0 Å². The molecule has 3 rings (SSSR count). The molecule has 174 valence electrons. The first-order valence-electron chi connectivity index (χ1n) is 10.3. The zero-order valence-electron chi connectivity index (χ0n) is 18.1. The average molecular weight is 452 g/mol. The van der Waals surface area contributed by atoms with E-state index in [2.05, 4.69) is 10.3 Å². The summed E-state index contributed by atoms with van der Waals surface area (Å²) in [4.78, 5) is 20.4. The normalized spacial score (nSPS) is 15.2. The Morgan fingerprint density at radius 1 is 1.06 bits per heavy atom. The van der Waals surface area contributed by atoms with E-state index in [9.17, 15) is 18.0 Å². The molecule has 1 aromatic heterocycles. The van der Waals surface area contributed by atoms with Gasteiger partial charge in [-0.25, -0.2) is 4.98 Å². The molecule has 0 spiro atoms. The maximum absolute atomic E-state index is 12.7. The fraction of sp³-hybridized carbons (Fsp3) is 0.455. The number of carbonyl (C=O) groups excluding carboxylic acids is 1. The summed E-state index contributed by atoms with van der Waals surface area (Å²) >= 11 is 0. The van der Waals surface area contributed by atoms with E-state index in [1.165, 1.54) is 6.07 Å². The quantitative estimate of drug-likeness (QED) is 0.697. The summed E-state index contributed by atoms with van der Waals surface area (Å²) in [7, 11) is 3.12. The molecule has 1 amide bonds. The number of nitrogens with one attached hydrogen (secondary N) is 1. The second kappa shape index (κ2) is 10.5. The third-order valence-corrected chi connectivity index (χ3v) is 5.29. The smallest absolute Gasteiger partial charge is 0.417 e. The van der Waals surface area contributed by atoms with Gasteiger partial charge in [0, 0.05) is 38.9 Å². The van der Waals surface area contributed by atoms with E-state index in [0.717, 1.165) is 30.8 Å². The number of aromatic nitrogens is 1. The Hall–Kier alpha value is -3.01. The molecule has 0 saturated carbocycles. The number of rotatable bonds is 7. The van der Waals surface area contributed by atoms with E-state index in [1.807, 2.05) is 21.9 Å². The second-order valence-corrected chi connectivity index (χ2v) is 7.49. The molecule has 1 aromatic carbocycles. The molecule has 1 N–H and O–H groups in total. The Morgan fingerprint density at radius 2 is 1.84 bits per heavy atom. The van der Waals surface area contributed by atoms with Gasteiger partial charge in [0.2, 0.25) is 5.91 Å². The highest BCUT2D eigenvalue weighted by molar-refractivity contribution is 5.78. The third kappa shape index (κ3) is 6.25. The highest BCUT2D eigenvalue weighted by Gasteiger charge is 2.31. The van der Waals surface area contributed by atoms with Crippen molar-refractivity contribution in [2.24, 2.45) is 0 Å². The second-order valence-electron chi connectivity index (χ2n) is 7.49. The average Bonchev–Trinajstić information content (AvgIpc) is 3.02. The number of alkyl halides is 3. The third-order valence-electron chi connectivity index (χ3n) is 5.29. The Kier molecular flexibility index (Phi) is 7.79.